The highest BCUT2D eigenvalue weighted by atomic mass is 16.5. The van der Waals surface area contributed by atoms with Crippen LogP contribution in [0, 0.1) is 6.92 Å². The third-order valence-electron chi connectivity index (χ3n) is 3.53. The molecule has 4 heteroatoms. The van der Waals surface area contributed by atoms with E-state index in [1.54, 1.807) is 0 Å². The average molecular weight is 293 g/mol. The van der Waals surface area contributed by atoms with Crippen LogP contribution in [-0.2, 0) is 6.54 Å². The molecular weight excluding hydrogens is 262 g/mol. The Kier molecular flexibility index (Phi) is 7.12. The van der Waals surface area contributed by atoms with Gasteiger partial charge >= 0.3 is 0 Å². The molecule has 0 saturated heterocycles. The molecule has 0 aliphatic heterocycles. The summed E-state index contributed by atoms with van der Waals surface area (Å²) < 4.78 is 5.75. The van der Waals surface area contributed by atoms with E-state index in [4.69, 9.17) is 4.74 Å². The molecule has 1 aromatic rings. The van der Waals surface area contributed by atoms with Crippen LogP contribution in [0.2, 0.25) is 0 Å². The molecule has 0 unspecified atom stereocenters. The highest BCUT2D eigenvalue weighted by Crippen LogP contribution is 2.13. The molecule has 0 bridgehead atoms. The number of rotatable bonds is 8. The van der Waals surface area contributed by atoms with Crippen molar-refractivity contribution in [2.24, 2.45) is 0 Å². The van der Waals surface area contributed by atoms with Crippen LogP contribution in [0.5, 0.6) is 5.88 Å². The highest BCUT2D eigenvalue weighted by Gasteiger charge is 2.10. The predicted molar refractivity (Wildman–Crippen MR) is 88.8 cm³/mol. The van der Waals surface area contributed by atoms with E-state index in [1.165, 1.54) is 5.56 Å². The Hall–Kier alpha value is -1.13. The lowest BCUT2D eigenvalue weighted by atomic mass is 10.1. The van der Waals surface area contributed by atoms with Gasteiger partial charge in [0.1, 0.15) is 6.61 Å². The third kappa shape index (κ3) is 6.91. The van der Waals surface area contributed by atoms with E-state index in [-0.39, 0.29) is 5.54 Å². The van der Waals surface area contributed by atoms with E-state index in [9.17, 15) is 0 Å². The molecule has 0 saturated carbocycles. The summed E-state index contributed by atoms with van der Waals surface area (Å²) in [5.74, 6) is 0.721. The minimum Gasteiger partial charge on any atom is -0.476 e. The SMILES string of the molecule is CCN(CC)CCOc1ccc(CNC(C)(C)C)c(C)n1. The van der Waals surface area contributed by atoms with Crippen LogP contribution in [0.15, 0.2) is 12.1 Å². The van der Waals surface area contributed by atoms with Gasteiger partial charge in [-0.2, -0.15) is 0 Å². The summed E-state index contributed by atoms with van der Waals surface area (Å²) in [6.07, 6.45) is 0. The second-order valence-electron chi connectivity index (χ2n) is 6.37. The Morgan fingerprint density at radius 3 is 2.38 bits per heavy atom. The summed E-state index contributed by atoms with van der Waals surface area (Å²) in [5.41, 5.74) is 2.37. The maximum atomic E-state index is 5.75. The largest absolute Gasteiger partial charge is 0.476 e. The van der Waals surface area contributed by atoms with Gasteiger partial charge in [0, 0.05) is 30.4 Å². The molecule has 1 aromatic heterocycles. The maximum Gasteiger partial charge on any atom is 0.213 e. The number of hydrogen-bond donors (Lipinski definition) is 1. The van der Waals surface area contributed by atoms with Crippen LogP contribution in [-0.4, -0.2) is 41.7 Å². The molecule has 0 aliphatic rings. The van der Waals surface area contributed by atoms with Crippen LogP contribution < -0.4 is 10.1 Å². The van der Waals surface area contributed by atoms with Gasteiger partial charge in [0.2, 0.25) is 5.88 Å². The Bertz CT molecular complexity index is 423. The first-order chi connectivity index (χ1) is 9.85. The number of hydrogen-bond acceptors (Lipinski definition) is 4. The fourth-order valence-corrected chi connectivity index (χ4v) is 2.01. The standard InChI is InChI=1S/C17H31N3O/c1-7-20(8-2)11-12-21-16-10-9-15(14(3)19-16)13-18-17(4,5)6/h9-10,18H,7-8,11-13H2,1-6H3. The Morgan fingerprint density at radius 1 is 1.19 bits per heavy atom. The summed E-state index contributed by atoms with van der Waals surface area (Å²) >= 11 is 0. The average Bonchev–Trinajstić information content (AvgIpc) is 2.41. The van der Waals surface area contributed by atoms with E-state index in [0.717, 1.165) is 37.8 Å². The number of nitrogens with zero attached hydrogens (tertiary/aromatic N) is 2. The molecule has 4 nitrogen and oxygen atoms in total. The van der Waals surface area contributed by atoms with Crippen molar-refractivity contribution in [1.82, 2.24) is 15.2 Å². The lowest BCUT2D eigenvalue weighted by Crippen LogP contribution is -2.35. The van der Waals surface area contributed by atoms with Crippen molar-refractivity contribution < 1.29 is 4.74 Å². The van der Waals surface area contributed by atoms with Crippen molar-refractivity contribution in [3.63, 3.8) is 0 Å². The van der Waals surface area contributed by atoms with E-state index in [1.807, 2.05) is 13.0 Å². The quantitative estimate of drug-likeness (QED) is 0.799. The first kappa shape index (κ1) is 17.9. The van der Waals surface area contributed by atoms with Crippen molar-refractivity contribution in [2.75, 3.05) is 26.2 Å². The molecule has 1 heterocycles. The van der Waals surface area contributed by atoms with Gasteiger partial charge in [0.05, 0.1) is 0 Å². The molecule has 1 rings (SSSR count). The molecule has 0 amide bonds. The zero-order valence-electron chi connectivity index (χ0n) is 14.5. The number of aryl methyl sites for hydroxylation is 1. The van der Waals surface area contributed by atoms with Gasteiger partial charge in [0.15, 0.2) is 0 Å². The lowest BCUT2D eigenvalue weighted by molar-refractivity contribution is 0.217. The van der Waals surface area contributed by atoms with Crippen LogP contribution >= 0.6 is 0 Å². The van der Waals surface area contributed by atoms with E-state index in [0.29, 0.717) is 6.61 Å². The molecule has 0 aromatic carbocycles. The van der Waals surface area contributed by atoms with Crippen LogP contribution in [0.25, 0.3) is 0 Å². The highest BCUT2D eigenvalue weighted by molar-refractivity contribution is 5.25. The molecule has 0 atom stereocenters. The molecule has 0 radical (unpaired) electrons. The predicted octanol–water partition coefficient (Wildman–Crippen LogP) is 3.00. The van der Waals surface area contributed by atoms with Crippen LogP contribution in [0.1, 0.15) is 45.9 Å². The Labute approximate surface area is 129 Å². The summed E-state index contributed by atoms with van der Waals surface area (Å²) in [5, 5.41) is 3.48. The zero-order valence-corrected chi connectivity index (χ0v) is 14.5. The van der Waals surface area contributed by atoms with Gasteiger partial charge in [0.25, 0.3) is 0 Å². The van der Waals surface area contributed by atoms with Crippen molar-refractivity contribution in [3.05, 3.63) is 23.4 Å². The summed E-state index contributed by atoms with van der Waals surface area (Å²) in [4.78, 5) is 6.88. The first-order valence-corrected chi connectivity index (χ1v) is 7.92. The number of aromatic nitrogens is 1. The number of ether oxygens (including phenoxy) is 1. The van der Waals surface area contributed by atoms with E-state index < -0.39 is 0 Å². The number of likely N-dealkylation sites (N-methyl/N-ethyl adjacent to an activating group) is 1. The molecule has 1 N–H and O–H groups in total. The normalized spacial score (nSPS) is 12.0. The van der Waals surface area contributed by atoms with Gasteiger partial charge in [-0.1, -0.05) is 19.9 Å². The van der Waals surface area contributed by atoms with Gasteiger partial charge in [-0.25, -0.2) is 4.98 Å². The monoisotopic (exact) mass is 293 g/mol. The molecular formula is C17H31N3O. The smallest absolute Gasteiger partial charge is 0.213 e. The van der Waals surface area contributed by atoms with Gasteiger partial charge in [-0.05, 0) is 46.3 Å². The second kappa shape index (κ2) is 8.35. The van der Waals surface area contributed by atoms with Crippen LogP contribution in [0.4, 0.5) is 0 Å². The number of pyridine rings is 1. The summed E-state index contributed by atoms with van der Waals surface area (Å²) in [7, 11) is 0. The van der Waals surface area contributed by atoms with Crippen molar-refractivity contribution >= 4 is 0 Å². The lowest BCUT2D eigenvalue weighted by Gasteiger charge is -2.21. The van der Waals surface area contributed by atoms with Crippen molar-refractivity contribution in [1.29, 1.82) is 0 Å². The van der Waals surface area contributed by atoms with Crippen LogP contribution in [0.3, 0.4) is 0 Å². The molecule has 120 valence electrons. The second-order valence-corrected chi connectivity index (χ2v) is 6.37. The molecule has 0 aliphatic carbocycles. The molecule has 0 fully saturated rings. The summed E-state index contributed by atoms with van der Waals surface area (Å²) in [6.45, 7) is 17.5. The Morgan fingerprint density at radius 2 is 1.86 bits per heavy atom. The minimum atomic E-state index is 0.116. The van der Waals surface area contributed by atoms with Gasteiger partial charge in [-0.15, -0.1) is 0 Å². The fraction of sp³-hybridized carbons (Fsp3) is 0.706. The van der Waals surface area contributed by atoms with Gasteiger partial charge in [-0.3, -0.25) is 0 Å². The molecule has 21 heavy (non-hydrogen) atoms. The minimum absolute atomic E-state index is 0.116. The molecule has 0 spiro atoms. The maximum absolute atomic E-state index is 5.75. The summed E-state index contributed by atoms with van der Waals surface area (Å²) in [6, 6.07) is 4.07. The van der Waals surface area contributed by atoms with Gasteiger partial charge < -0.3 is 15.0 Å². The van der Waals surface area contributed by atoms with E-state index in [2.05, 4.69) is 55.9 Å². The van der Waals surface area contributed by atoms with Crippen molar-refractivity contribution in [2.45, 2.75) is 53.6 Å². The number of nitrogens with one attached hydrogen (secondary N) is 1. The zero-order chi connectivity index (χ0) is 15.9. The van der Waals surface area contributed by atoms with E-state index >= 15 is 0 Å². The van der Waals surface area contributed by atoms with Crippen molar-refractivity contribution in [3.8, 4) is 5.88 Å². The third-order valence-corrected chi connectivity index (χ3v) is 3.53. The fourth-order valence-electron chi connectivity index (χ4n) is 2.01. The topological polar surface area (TPSA) is 37.4 Å². The Balaban J connectivity index is 2.50. The first-order valence-electron chi connectivity index (χ1n) is 7.92.